The highest BCUT2D eigenvalue weighted by Gasteiger charge is 2.13. The zero-order valence-corrected chi connectivity index (χ0v) is 18.3. The first-order valence-corrected chi connectivity index (χ1v) is 11.0. The predicted molar refractivity (Wildman–Crippen MR) is 128 cm³/mol. The molecule has 2 aromatic carbocycles. The number of aromatic nitrogens is 2. The third-order valence-electron chi connectivity index (χ3n) is 5.85. The maximum Gasteiger partial charge on any atom is 0.328 e. The molecule has 2 N–H and O–H groups in total. The van der Waals surface area contributed by atoms with Gasteiger partial charge in [0, 0.05) is 32.2 Å². The molecule has 166 valence electrons. The van der Waals surface area contributed by atoms with Crippen LogP contribution in [0.1, 0.15) is 31.7 Å². The second kappa shape index (κ2) is 9.78. The molecule has 0 atom stereocenters. The van der Waals surface area contributed by atoms with Gasteiger partial charge in [-0.2, -0.15) is 0 Å². The van der Waals surface area contributed by atoms with Gasteiger partial charge in [-0.3, -0.25) is 19.1 Å². The monoisotopic (exact) mass is 432 g/mol. The minimum absolute atomic E-state index is 0.208. The number of amides is 1. The summed E-state index contributed by atoms with van der Waals surface area (Å²) < 4.78 is 1.27. The zero-order chi connectivity index (χ0) is 22.5. The molecular weight excluding hydrogens is 404 g/mol. The van der Waals surface area contributed by atoms with Crippen LogP contribution in [0.4, 0.5) is 5.69 Å². The molecule has 0 saturated carbocycles. The Labute approximate surface area is 186 Å². The topological polar surface area (TPSA) is 87.2 Å². The van der Waals surface area contributed by atoms with E-state index in [9.17, 15) is 14.4 Å². The van der Waals surface area contributed by atoms with Crippen LogP contribution < -0.4 is 16.6 Å². The lowest BCUT2D eigenvalue weighted by Gasteiger charge is -2.26. The van der Waals surface area contributed by atoms with Gasteiger partial charge in [-0.25, -0.2) is 4.79 Å². The van der Waals surface area contributed by atoms with Crippen LogP contribution in [-0.4, -0.2) is 40.0 Å². The van der Waals surface area contributed by atoms with Crippen LogP contribution in [-0.2, 0) is 11.3 Å². The fourth-order valence-electron chi connectivity index (χ4n) is 4.17. The summed E-state index contributed by atoms with van der Waals surface area (Å²) in [5, 5.41) is 3.10. The van der Waals surface area contributed by atoms with E-state index in [0.717, 1.165) is 38.9 Å². The first-order chi connectivity index (χ1) is 15.5. The van der Waals surface area contributed by atoms with Gasteiger partial charge in [0.25, 0.3) is 5.56 Å². The molecule has 7 heteroatoms. The van der Waals surface area contributed by atoms with Crippen molar-refractivity contribution in [2.75, 3.05) is 25.0 Å². The highest BCUT2D eigenvalue weighted by molar-refractivity contribution is 5.91. The maximum atomic E-state index is 12.8. The highest BCUT2D eigenvalue weighted by Crippen LogP contribution is 2.22. The van der Waals surface area contributed by atoms with Crippen molar-refractivity contribution in [2.24, 2.45) is 0 Å². The SMILES string of the molecule is CC(=O)Nc1ccc2c(=O)n(CCCCN3CC=C(c4ccccc4)CC3)c(=O)[nH]c2c1. The van der Waals surface area contributed by atoms with Gasteiger partial charge in [0.05, 0.1) is 10.9 Å². The molecule has 3 aromatic rings. The molecule has 2 heterocycles. The van der Waals surface area contributed by atoms with Crippen LogP contribution in [0.5, 0.6) is 0 Å². The predicted octanol–water partition coefficient (Wildman–Crippen LogP) is 3.22. The second-order valence-electron chi connectivity index (χ2n) is 8.18. The Balaban J connectivity index is 1.34. The van der Waals surface area contributed by atoms with Gasteiger partial charge in [-0.15, -0.1) is 0 Å². The summed E-state index contributed by atoms with van der Waals surface area (Å²) in [5.41, 5.74) is 2.95. The molecule has 7 nitrogen and oxygen atoms in total. The third kappa shape index (κ3) is 5.06. The van der Waals surface area contributed by atoms with E-state index >= 15 is 0 Å². The van der Waals surface area contributed by atoms with Crippen LogP contribution in [0.2, 0.25) is 0 Å². The number of carbonyl (C=O) groups excluding carboxylic acids is 1. The summed E-state index contributed by atoms with van der Waals surface area (Å²) in [7, 11) is 0. The normalized spacial score (nSPS) is 14.3. The number of nitrogens with zero attached hydrogens (tertiary/aromatic N) is 2. The van der Waals surface area contributed by atoms with Gasteiger partial charge in [0.1, 0.15) is 0 Å². The summed E-state index contributed by atoms with van der Waals surface area (Å²) >= 11 is 0. The Hall–Kier alpha value is -3.45. The van der Waals surface area contributed by atoms with E-state index in [2.05, 4.69) is 45.5 Å². The van der Waals surface area contributed by atoms with E-state index in [1.165, 1.54) is 22.6 Å². The lowest BCUT2D eigenvalue weighted by molar-refractivity contribution is -0.114. The third-order valence-corrected chi connectivity index (χ3v) is 5.85. The molecule has 1 amide bonds. The Morgan fingerprint density at radius 2 is 1.84 bits per heavy atom. The summed E-state index contributed by atoms with van der Waals surface area (Å²) in [5.74, 6) is -0.208. The molecule has 4 rings (SSSR count). The number of fused-ring (bicyclic) bond motifs is 1. The zero-order valence-electron chi connectivity index (χ0n) is 18.3. The smallest absolute Gasteiger partial charge is 0.326 e. The largest absolute Gasteiger partial charge is 0.328 e. The number of nitrogens with one attached hydrogen (secondary N) is 2. The standard InChI is InChI=1S/C25H28N4O3/c1-18(30)26-21-9-10-22-23(17-21)27-25(32)29(24(22)31)14-6-5-13-28-15-11-20(12-16-28)19-7-3-2-4-8-19/h2-4,7-11,17H,5-6,12-16H2,1H3,(H,26,30)(H,27,32). The van der Waals surface area contributed by atoms with Crippen molar-refractivity contribution in [2.45, 2.75) is 32.7 Å². The number of rotatable bonds is 7. The molecule has 0 saturated heterocycles. The number of aromatic amines is 1. The molecule has 0 bridgehead atoms. The number of carbonyl (C=O) groups is 1. The van der Waals surface area contributed by atoms with E-state index < -0.39 is 5.69 Å². The number of hydrogen-bond donors (Lipinski definition) is 2. The summed E-state index contributed by atoms with van der Waals surface area (Å²) in [6.07, 6.45) is 5.00. The molecule has 0 unspecified atom stereocenters. The summed E-state index contributed by atoms with van der Waals surface area (Å²) in [6, 6.07) is 15.4. The molecule has 32 heavy (non-hydrogen) atoms. The summed E-state index contributed by atoms with van der Waals surface area (Å²) in [4.78, 5) is 41.6. The van der Waals surface area contributed by atoms with Gasteiger partial charge in [0.15, 0.2) is 0 Å². The van der Waals surface area contributed by atoms with Crippen molar-refractivity contribution in [1.29, 1.82) is 0 Å². The number of benzene rings is 2. The highest BCUT2D eigenvalue weighted by atomic mass is 16.2. The second-order valence-corrected chi connectivity index (χ2v) is 8.18. The fraction of sp³-hybridized carbons (Fsp3) is 0.320. The maximum absolute atomic E-state index is 12.8. The minimum Gasteiger partial charge on any atom is -0.326 e. The van der Waals surface area contributed by atoms with E-state index in [1.54, 1.807) is 18.2 Å². The van der Waals surface area contributed by atoms with E-state index in [0.29, 0.717) is 23.1 Å². The molecule has 0 aliphatic carbocycles. The number of hydrogen-bond acceptors (Lipinski definition) is 4. The first-order valence-electron chi connectivity index (χ1n) is 11.0. The van der Waals surface area contributed by atoms with Gasteiger partial charge >= 0.3 is 5.69 Å². The van der Waals surface area contributed by atoms with Crippen molar-refractivity contribution in [3.8, 4) is 0 Å². The molecule has 0 radical (unpaired) electrons. The number of H-pyrrole nitrogens is 1. The lowest BCUT2D eigenvalue weighted by Crippen LogP contribution is -2.35. The molecule has 1 aliphatic heterocycles. The first kappa shape index (κ1) is 21.8. The van der Waals surface area contributed by atoms with Crippen LogP contribution in [0.15, 0.2) is 64.2 Å². The molecule has 0 spiro atoms. The van der Waals surface area contributed by atoms with Crippen LogP contribution in [0.25, 0.3) is 16.5 Å². The van der Waals surface area contributed by atoms with Gasteiger partial charge in [-0.05, 0) is 55.1 Å². The number of unbranched alkanes of at least 4 members (excludes halogenated alkanes) is 1. The van der Waals surface area contributed by atoms with Crippen molar-refractivity contribution in [3.63, 3.8) is 0 Å². The molecule has 1 aliphatic rings. The van der Waals surface area contributed by atoms with Crippen molar-refractivity contribution >= 4 is 28.1 Å². The molecule has 0 fully saturated rings. The van der Waals surface area contributed by atoms with Gasteiger partial charge < -0.3 is 10.3 Å². The Bertz CT molecular complexity index is 1260. The van der Waals surface area contributed by atoms with Gasteiger partial charge in [0.2, 0.25) is 5.91 Å². The Morgan fingerprint density at radius 3 is 2.56 bits per heavy atom. The van der Waals surface area contributed by atoms with E-state index in [1.807, 2.05) is 6.07 Å². The average Bonchev–Trinajstić information content (AvgIpc) is 2.79. The summed E-state index contributed by atoms with van der Waals surface area (Å²) in [6.45, 7) is 4.69. The average molecular weight is 433 g/mol. The fourth-order valence-corrected chi connectivity index (χ4v) is 4.17. The lowest BCUT2D eigenvalue weighted by atomic mass is 9.99. The van der Waals surface area contributed by atoms with E-state index in [-0.39, 0.29) is 11.5 Å². The van der Waals surface area contributed by atoms with Crippen LogP contribution in [0.3, 0.4) is 0 Å². The van der Waals surface area contributed by atoms with E-state index in [4.69, 9.17) is 0 Å². The van der Waals surface area contributed by atoms with Crippen molar-refractivity contribution in [1.82, 2.24) is 14.5 Å². The van der Waals surface area contributed by atoms with Crippen LogP contribution in [0, 0.1) is 0 Å². The van der Waals surface area contributed by atoms with Crippen molar-refractivity contribution in [3.05, 3.63) is 81.0 Å². The molecular formula is C25H28N4O3. The van der Waals surface area contributed by atoms with Crippen molar-refractivity contribution < 1.29 is 4.79 Å². The Morgan fingerprint density at radius 1 is 1.06 bits per heavy atom. The number of anilines is 1. The van der Waals surface area contributed by atoms with Gasteiger partial charge in [-0.1, -0.05) is 36.4 Å². The Kier molecular flexibility index (Phi) is 6.66. The quantitative estimate of drug-likeness (QED) is 0.561. The molecule has 1 aromatic heterocycles. The van der Waals surface area contributed by atoms with Crippen LogP contribution >= 0.6 is 0 Å². The minimum atomic E-state index is -0.420.